The molecule has 0 aliphatic heterocycles. The third kappa shape index (κ3) is 3.36. The van der Waals surface area contributed by atoms with E-state index >= 15 is 0 Å². The van der Waals surface area contributed by atoms with Crippen molar-refractivity contribution in [2.24, 2.45) is 0 Å². The smallest absolute Gasteiger partial charge is 0.159 e. The maximum atomic E-state index is 13.4. The molecule has 0 spiro atoms. The SMILES string of the molecule is CN(C)c1cncc(-c2ccc3[nH]nc(-c4nc5c(-c6ccc(F)cc6)cncc5[nH]4)c3c2)c1. The van der Waals surface area contributed by atoms with Crippen molar-refractivity contribution < 1.29 is 4.39 Å². The van der Waals surface area contributed by atoms with Crippen molar-refractivity contribution in [1.29, 1.82) is 0 Å². The lowest BCUT2D eigenvalue weighted by Crippen LogP contribution is -2.08. The van der Waals surface area contributed by atoms with Gasteiger partial charge in [-0.25, -0.2) is 9.37 Å². The standard InChI is InChI=1S/C26H20FN7/c1-34(2)19-9-17(11-28-12-19)16-5-8-22-20(10-16)25(33-32-22)26-30-23-14-29-13-21(24(23)31-26)15-3-6-18(27)7-4-15/h3-14H,1-2H3,(H,30,31)(H,32,33). The molecule has 0 aliphatic carbocycles. The van der Waals surface area contributed by atoms with E-state index in [0.29, 0.717) is 5.82 Å². The predicted octanol–water partition coefficient (Wildman–Crippen LogP) is 5.44. The monoisotopic (exact) mass is 449 g/mol. The summed E-state index contributed by atoms with van der Waals surface area (Å²) in [5, 5.41) is 8.59. The number of nitrogens with one attached hydrogen (secondary N) is 2. The fourth-order valence-electron chi connectivity index (χ4n) is 4.09. The molecule has 6 rings (SSSR count). The van der Waals surface area contributed by atoms with E-state index in [9.17, 15) is 4.39 Å². The summed E-state index contributed by atoms with van der Waals surface area (Å²) in [6, 6.07) is 14.6. The van der Waals surface area contributed by atoms with Crippen LogP contribution in [0.2, 0.25) is 0 Å². The van der Waals surface area contributed by atoms with Gasteiger partial charge < -0.3 is 9.88 Å². The van der Waals surface area contributed by atoms with Gasteiger partial charge in [-0.1, -0.05) is 18.2 Å². The van der Waals surface area contributed by atoms with E-state index in [1.165, 1.54) is 12.1 Å². The van der Waals surface area contributed by atoms with Crippen molar-refractivity contribution in [3.63, 3.8) is 0 Å². The van der Waals surface area contributed by atoms with Gasteiger partial charge in [0, 0.05) is 43.0 Å². The van der Waals surface area contributed by atoms with Crippen LogP contribution in [0.1, 0.15) is 0 Å². The molecule has 34 heavy (non-hydrogen) atoms. The van der Waals surface area contributed by atoms with Crippen LogP contribution in [0.5, 0.6) is 0 Å². The molecule has 4 aromatic heterocycles. The van der Waals surface area contributed by atoms with E-state index in [-0.39, 0.29) is 5.82 Å². The first kappa shape index (κ1) is 20.0. The van der Waals surface area contributed by atoms with Gasteiger partial charge in [-0.15, -0.1) is 0 Å². The van der Waals surface area contributed by atoms with Gasteiger partial charge in [0.1, 0.15) is 11.5 Å². The molecule has 0 radical (unpaired) electrons. The molecule has 7 nitrogen and oxygen atoms in total. The van der Waals surface area contributed by atoms with Crippen LogP contribution in [0.3, 0.4) is 0 Å². The van der Waals surface area contributed by atoms with Gasteiger partial charge in [0.15, 0.2) is 5.82 Å². The zero-order valence-corrected chi connectivity index (χ0v) is 18.5. The van der Waals surface area contributed by atoms with Crippen LogP contribution < -0.4 is 4.90 Å². The van der Waals surface area contributed by atoms with Gasteiger partial charge in [-0.3, -0.25) is 15.1 Å². The third-order valence-electron chi connectivity index (χ3n) is 5.91. The topological polar surface area (TPSA) is 86.4 Å². The molecule has 6 aromatic rings. The number of nitrogens with zero attached hydrogens (tertiary/aromatic N) is 5. The fourth-order valence-corrected chi connectivity index (χ4v) is 4.09. The van der Waals surface area contributed by atoms with Crippen molar-refractivity contribution >= 4 is 27.6 Å². The lowest BCUT2D eigenvalue weighted by atomic mass is 10.0. The summed E-state index contributed by atoms with van der Waals surface area (Å²) in [7, 11) is 3.99. The average Bonchev–Trinajstić information content (AvgIpc) is 3.48. The summed E-state index contributed by atoms with van der Waals surface area (Å²) in [6.07, 6.45) is 7.17. The lowest BCUT2D eigenvalue weighted by molar-refractivity contribution is 0.628. The van der Waals surface area contributed by atoms with Gasteiger partial charge in [-0.05, 0) is 41.5 Å². The number of H-pyrrole nitrogens is 2. The number of imidazole rings is 1. The summed E-state index contributed by atoms with van der Waals surface area (Å²) < 4.78 is 13.4. The third-order valence-corrected chi connectivity index (χ3v) is 5.91. The average molecular weight is 449 g/mol. The Morgan fingerprint density at radius 1 is 0.794 bits per heavy atom. The van der Waals surface area contributed by atoms with E-state index in [0.717, 1.165) is 55.6 Å². The minimum atomic E-state index is -0.281. The first-order valence-electron chi connectivity index (χ1n) is 10.8. The maximum absolute atomic E-state index is 13.4. The Hall–Kier alpha value is -4.59. The summed E-state index contributed by atoms with van der Waals surface area (Å²) in [4.78, 5) is 19.0. The first-order valence-corrected chi connectivity index (χ1v) is 10.8. The Morgan fingerprint density at radius 3 is 2.41 bits per heavy atom. The molecular weight excluding hydrogens is 429 g/mol. The van der Waals surface area contributed by atoms with Crippen molar-refractivity contribution in [3.8, 4) is 33.8 Å². The number of halogens is 1. The van der Waals surface area contributed by atoms with E-state index in [4.69, 9.17) is 4.98 Å². The quantitative estimate of drug-likeness (QED) is 0.375. The summed E-state index contributed by atoms with van der Waals surface area (Å²) in [5.41, 5.74) is 7.93. The van der Waals surface area contributed by atoms with Crippen molar-refractivity contribution in [2.75, 3.05) is 19.0 Å². The lowest BCUT2D eigenvalue weighted by Gasteiger charge is -2.13. The van der Waals surface area contributed by atoms with Crippen LogP contribution in [0.15, 0.2) is 73.3 Å². The minimum Gasteiger partial charge on any atom is -0.376 e. The number of rotatable bonds is 4. The molecule has 0 saturated carbocycles. The Kier molecular flexibility index (Phi) is 4.58. The molecule has 2 aromatic carbocycles. The van der Waals surface area contributed by atoms with E-state index in [1.54, 1.807) is 24.5 Å². The summed E-state index contributed by atoms with van der Waals surface area (Å²) >= 11 is 0. The van der Waals surface area contributed by atoms with Gasteiger partial charge in [0.2, 0.25) is 0 Å². The number of benzene rings is 2. The highest BCUT2D eigenvalue weighted by Crippen LogP contribution is 2.33. The molecule has 0 unspecified atom stereocenters. The molecule has 0 atom stereocenters. The Balaban J connectivity index is 1.47. The van der Waals surface area contributed by atoms with Crippen LogP contribution in [0, 0.1) is 5.82 Å². The highest BCUT2D eigenvalue weighted by atomic mass is 19.1. The summed E-state index contributed by atoms with van der Waals surface area (Å²) in [6.45, 7) is 0. The Morgan fingerprint density at radius 2 is 1.59 bits per heavy atom. The zero-order valence-electron chi connectivity index (χ0n) is 18.5. The second-order valence-corrected chi connectivity index (χ2v) is 8.33. The zero-order chi connectivity index (χ0) is 23.2. The van der Waals surface area contributed by atoms with Gasteiger partial charge in [0.25, 0.3) is 0 Å². The predicted molar refractivity (Wildman–Crippen MR) is 132 cm³/mol. The Bertz CT molecular complexity index is 1650. The highest BCUT2D eigenvalue weighted by molar-refractivity contribution is 5.98. The molecule has 0 saturated heterocycles. The van der Waals surface area contributed by atoms with E-state index in [1.807, 2.05) is 37.5 Å². The number of aromatic nitrogens is 6. The molecule has 166 valence electrons. The van der Waals surface area contributed by atoms with Crippen LogP contribution in [0.25, 0.3) is 55.7 Å². The molecule has 0 amide bonds. The fraction of sp³-hybridized carbons (Fsp3) is 0.0769. The molecule has 8 heteroatoms. The number of hydrogen-bond donors (Lipinski definition) is 2. The van der Waals surface area contributed by atoms with Crippen LogP contribution in [-0.4, -0.2) is 44.2 Å². The molecule has 4 heterocycles. The molecule has 0 aliphatic rings. The largest absolute Gasteiger partial charge is 0.376 e. The number of anilines is 1. The number of pyridine rings is 2. The molecule has 0 bridgehead atoms. The molecule has 2 N–H and O–H groups in total. The normalized spacial score (nSPS) is 11.4. The maximum Gasteiger partial charge on any atom is 0.159 e. The second kappa shape index (κ2) is 7.77. The van der Waals surface area contributed by atoms with Crippen LogP contribution in [0.4, 0.5) is 10.1 Å². The van der Waals surface area contributed by atoms with Gasteiger partial charge in [0.05, 0.1) is 34.6 Å². The number of fused-ring (bicyclic) bond motifs is 2. The molecule has 0 fully saturated rings. The van der Waals surface area contributed by atoms with Gasteiger partial charge in [-0.2, -0.15) is 5.10 Å². The highest BCUT2D eigenvalue weighted by Gasteiger charge is 2.16. The van der Waals surface area contributed by atoms with Crippen molar-refractivity contribution in [3.05, 3.63) is 79.1 Å². The van der Waals surface area contributed by atoms with Crippen LogP contribution in [-0.2, 0) is 0 Å². The number of hydrogen-bond acceptors (Lipinski definition) is 5. The first-order chi connectivity index (χ1) is 16.6. The van der Waals surface area contributed by atoms with Crippen molar-refractivity contribution in [1.82, 2.24) is 30.1 Å². The number of aromatic amines is 2. The summed E-state index contributed by atoms with van der Waals surface area (Å²) in [5.74, 6) is 0.353. The van der Waals surface area contributed by atoms with E-state index < -0.39 is 0 Å². The van der Waals surface area contributed by atoms with Crippen LogP contribution >= 0.6 is 0 Å². The van der Waals surface area contributed by atoms with Gasteiger partial charge >= 0.3 is 0 Å². The molecular formula is C26H20FN7. The minimum absolute atomic E-state index is 0.281. The van der Waals surface area contributed by atoms with Crippen molar-refractivity contribution in [2.45, 2.75) is 0 Å². The Labute approximate surface area is 194 Å². The van der Waals surface area contributed by atoms with E-state index in [2.05, 4.69) is 43.3 Å². The second-order valence-electron chi connectivity index (χ2n) is 8.33.